The molecule has 2 aliphatic rings. The monoisotopic (exact) mass is 378 g/mol. The van der Waals surface area contributed by atoms with Crippen LogP contribution in [0.15, 0.2) is 18.2 Å². The number of halogens is 1. The lowest BCUT2D eigenvalue weighted by Crippen LogP contribution is -2.38. The van der Waals surface area contributed by atoms with Crippen LogP contribution in [-0.2, 0) is 9.53 Å². The van der Waals surface area contributed by atoms with Crippen molar-refractivity contribution in [1.82, 2.24) is 9.80 Å². The van der Waals surface area contributed by atoms with Gasteiger partial charge in [0.15, 0.2) is 0 Å². The first-order chi connectivity index (χ1) is 13.1. The molecule has 0 bridgehead atoms. The van der Waals surface area contributed by atoms with Gasteiger partial charge in [0, 0.05) is 45.8 Å². The van der Waals surface area contributed by atoms with E-state index in [9.17, 15) is 14.0 Å². The highest BCUT2D eigenvalue weighted by atomic mass is 19.1. The second kappa shape index (κ2) is 9.17. The molecule has 1 aromatic rings. The number of rotatable bonds is 4. The van der Waals surface area contributed by atoms with Crippen molar-refractivity contribution in [2.45, 2.75) is 25.7 Å². The maximum atomic E-state index is 14.2. The third-order valence-electron chi connectivity index (χ3n) is 5.26. The fourth-order valence-electron chi connectivity index (χ4n) is 3.75. The van der Waals surface area contributed by atoms with Gasteiger partial charge in [0.25, 0.3) is 5.91 Å². The van der Waals surface area contributed by atoms with Crippen LogP contribution in [0.1, 0.15) is 36.0 Å². The number of benzene rings is 1. The maximum Gasteiger partial charge on any atom is 0.260 e. The quantitative estimate of drug-likeness (QED) is 0.807. The summed E-state index contributed by atoms with van der Waals surface area (Å²) >= 11 is 0. The Kier molecular flexibility index (Phi) is 6.66. The lowest BCUT2D eigenvalue weighted by atomic mass is 9.98. The van der Waals surface area contributed by atoms with E-state index in [0.29, 0.717) is 45.6 Å². The van der Waals surface area contributed by atoms with Crippen molar-refractivity contribution in [2.75, 3.05) is 46.5 Å². The van der Waals surface area contributed by atoms with Crippen molar-refractivity contribution in [1.29, 1.82) is 0 Å². The standard InChI is InChI=1S/C20H27FN2O4/c1-26-17-7-2-6-16(21)19(17)20(25)23-9-4-8-22(10-11-23)18(24)13-15-5-3-12-27-14-15/h2,6-7,15H,3-5,8-14H2,1H3. The molecule has 1 atom stereocenters. The molecule has 0 spiro atoms. The van der Waals surface area contributed by atoms with E-state index in [1.54, 1.807) is 11.0 Å². The van der Waals surface area contributed by atoms with Gasteiger partial charge >= 0.3 is 0 Å². The van der Waals surface area contributed by atoms with E-state index in [-0.39, 0.29) is 29.0 Å². The molecular weight excluding hydrogens is 351 g/mol. The molecule has 148 valence electrons. The lowest BCUT2D eigenvalue weighted by Gasteiger charge is -2.26. The Bertz CT molecular complexity index is 676. The minimum atomic E-state index is -0.589. The van der Waals surface area contributed by atoms with Gasteiger partial charge in [-0.2, -0.15) is 0 Å². The molecular formula is C20H27FN2O4. The van der Waals surface area contributed by atoms with Gasteiger partial charge in [-0.1, -0.05) is 6.07 Å². The average Bonchev–Trinajstić information content (AvgIpc) is 2.94. The van der Waals surface area contributed by atoms with Crippen molar-refractivity contribution < 1.29 is 23.5 Å². The van der Waals surface area contributed by atoms with Crippen LogP contribution in [0.25, 0.3) is 0 Å². The van der Waals surface area contributed by atoms with Crippen LogP contribution >= 0.6 is 0 Å². The molecule has 0 N–H and O–H groups in total. The molecule has 2 aliphatic heterocycles. The van der Waals surface area contributed by atoms with E-state index in [1.165, 1.54) is 19.2 Å². The van der Waals surface area contributed by atoms with Gasteiger partial charge in [0.1, 0.15) is 17.1 Å². The summed E-state index contributed by atoms with van der Waals surface area (Å²) in [6, 6.07) is 4.36. The Morgan fingerprint density at radius 2 is 1.96 bits per heavy atom. The Labute approximate surface area is 159 Å². The first-order valence-electron chi connectivity index (χ1n) is 9.57. The minimum Gasteiger partial charge on any atom is -0.496 e. The zero-order valence-electron chi connectivity index (χ0n) is 15.8. The molecule has 3 rings (SSSR count). The molecule has 2 saturated heterocycles. The molecule has 0 saturated carbocycles. The SMILES string of the molecule is COc1cccc(F)c1C(=O)N1CCCN(C(=O)CC2CCCOC2)CC1. The summed E-state index contributed by atoms with van der Waals surface area (Å²) in [5, 5.41) is 0. The van der Waals surface area contributed by atoms with E-state index in [1.807, 2.05) is 4.90 Å². The molecule has 6 nitrogen and oxygen atoms in total. The smallest absolute Gasteiger partial charge is 0.260 e. The Hall–Kier alpha value is -2.15. The fourth-order valence-corrected chi connectivity index (χ4v) is 3.75. The highest BCUT2D eigenvalue weighted by molar-refractivity contribution is 5.97. The average molecular weight is 378 g/mol. The highest BCUT2D eigenvalue weighted by Gasteiger charge is 2.28. The molecule has 1 aromatic carbocycles. The third-order valence-corrected chi connectivity index (χ3v) is 5.26. The molecule has 2 amide bonds. The lowest BCUT2D eigenvalue weighted by molar-refractivity contribution is -0.133. The number of carbonyl (C=O) groups excluding carboxylic acids is 2. The number of amides is 2. The number of hydrogen-bond donors (Lipinski definition) is 0. The number of nitrogens with zero attached hydrogens (tertiary/aromatic N) is 2. The molecule has 2 fully saturated rings. The van der Waals surface area contributed by atoms with Gasteiger partial charge in [-0.05, 0) is 37.3 Å². The summed E-state index contributed by atoms with van der Waals surface area (Å²) in [6.07, 6.45) is 3.20. The predicted molar refractivity (Wildman–Crippen MR) is 98.2 cm³/mol. The summed E-state index contributed by atoms with van der Waals surface area (Å²) in [5.74, 6) is -0.346. The second-order valence-corrected chi connectivity index (χ2v) is 7.13. The van der Waals surface area contributed by atoms with Crippen molar-refractivity contribution >= 4 is 11.8 Å². The fraction of sp³-hybridized carbons (Fsp3) is 0.600. The van der Waals surface area contributed by atoms with E-state index in [2.05, 4.69) is 0 Å². The summed E-state index contributed by atoms with van der Waals surface area (Å²) in [7, 11) is 1.42. The van der Waals surface area contributed by atoms with Crippen molar-refractivity contribution in [2.24, 2.45) is 5.92 Å². The van der Waals surface area contributed by atoms with E-state index in [4.69, 9.17) is 9.47 Å². The van der Waals surface area contributed by atoms with Gasteiger partial charge in [-0.15, -0.1) is 0 Å². The Morgan fingerprint density at radius 3 is 2.70 bits per heavy atom. The predicted octanol–water partition coefficient (Wildman–Crippen LogP) is 2.33. The molecule has 0 radical (unpaired) electrons. The number of carbonyl (C=O) groups is 2. The van der Waals surface area contributed by atoms with Crippen LogP contribution in [0.4, 0.5) is 4.39 Å². The van der Waals surface area contributed by atoms with Crippen LogP contribution in [0.3, 0.4) is 0 Å². The molecule has 2 heterocycles. The second-order valence-electron chi connectivity index (χ2n) is 7.13. The van der Waals surface area contributed by atoms with E-state index >= 15 is 0 Å². The maximum absolute atomic E-state index is 14.2. The summed E-state index contributed by atoms with van der Waals surface area (Å²) in [5.41, 5.74) is -0.0425. The summed E-state index contributed by atoms with van der Waals surface area (Å²) in [4.78, 5) is 28.9. The van der Waals surface area contributed by atoms with Crippen LogP contribution in [0.2, 0.25) is 0 Å². The van der Waals surface area contributed by atoms with Crippen molar-refractivity contribution in [3.63, 3.8) is 0 Å². The van der Waals surface area contributed by atoms with E-state index < -0.39 is 5.82 Å². The third kappa shape index (κ3) is 4.77. The van der Waals surface area contributed by atoms with Crippen LogP contribution < -0.4 is 4.74 Å². The van der Waals surface area contributed by atoms with Gasteiger partial charge in [-0.25, -0.2) is 4.39 Å². The number of methoxy groups -OCH3 is 1. The van der Waals surface area contributed by atoms with Crippen molar-refractivity contribution in [3.05, 3.63) is 29.6 Å². The molecule has 0 aromatic heterocycles. The largest absolute Gasteiger partial charge is 0.496 e. The molecule has 27 heavy (non-hydrogen) atoms. The number of hydrogen-bond acceptors (Lipinski definition) is 4. The van der Waals surface area contributed by atoms with Gasteiger partial charge in [0.2, 0.25) is 5.91 Å². The minimum absolute atomic E-state index is 0.0425. The first-order valence-corrected chi connectivity index (χ1v) is 9.57. The summed E-state index contributed by atoms with van der Waals surface area (Å²) in [6.45, 7) is 3.40. The van der Waals surface area contributed by atoms with Crippen LogP contribution in [0, 0.1) is 11.7 Å². The van der Waals surface area contributed by atoms with Crippen molar-refractivity contribution in [3.8, 4) is 5.75 Å². The topological polar surface area (TPSA) is 59.1 Å². The Morgan fingerprint density at radius 1 is 1.19 bits per heavy atom. The summed E-state index contributed by atoms with van der Waals surface area (Å²) < 4.78 is 24.8. The highest BCUT2D eigenvalue weighted by Crippen LogP contribution is 2.24. The molecule has 1 unspecified atom stereocenters. The Balaban J connectivity index is 1.61. The van der Waals surface area contributed by atoms with Gasteiger partial charge < -0.3 is 19.3 Å². The van der Waals surface area contributed by atoms with Gasteiger partial charge in [0.05, 0.1) is 7.11 Å². The zero-order valence-corrected chi connectivity index (χ0v) is 15.8. The van der Waals surface area contributed by atoms with E-state index in [0.717, 1.165) is 19.4 Å². The van der Waals surface area contributed by atoms with Crippen LogP contribution in [0.5, 0.6) is 5.75 Å². The molecule has 0 aliphatic carbocycles. The normalized spacial score (nSPS) is 20.9. The first kappa shape index (κ1) is 19.6. The number of ether oxygens (including phenoxy) is 2. The van der Waals surface area contributed by atoms with Crippen LogP contribution in [-0.4, -0.2) is 68.1 Å². The van der Waals surface area contributed by atoms with Gasteiger partial charge in [-0.3, -0.25) is 9.59 Å². The zero-order chi connectivity index (χ0) is 19.2. The molecule has 7 heteroatoms.